The third-order valence-electron chi connectivity index (χ3n) is 6.17. The first kappa shape index (κ1) is 15.7. The van der Waals surface area contributed by atoms with Gasteiger partial charge in [0, 0.05) is 11.3 Å². The van der Waals surface area contributed by atoms with E-state index in [9.17, 15) is 4.79 Å². The van der Waals surface area contributed by atoms with Crippen LogP contribution in [-0.2, 0) is 14.1 Å². The first-order valence-electron chi connectivity index (χ1n) is 7.95. The molecule has 4 aliphatic rings. The summed E-state index contributed by atoms with van der Waals surface area (Å²) >= 11 is 0. The van der Waals surface area contributed by atoms with Gasteiger partial charge in [0.15, 0.2) is 0 Å². The molecule has 7 nitrogen and oxygen atoms in total. The Kier molecular flexibility index (Phi) is 3.66. The minimum absolute atomic E-state index is 0.0410. The molecule has 120 valence electrons. The molecule has 4 fully saturated rings. The van der Waals surface area contributed by atoms with E-state index < -0.39 is 19.0 Å². The molecule has 0 spiro atoms. The average molecular weight is 306 g/mol. The molecule has 2 bridgehead atoms. The van der Waals surface area contributed by atoms with Gasteiger partial charge in [-0.2, -0.15) is 0 Å². The summed E-state index contributed by atoms with van der Waals surface area (Å²) in [6.45, 7) is 6.70. The fourth-order valence-corrected chi connectivity index (χ4v) is 4.67. The van der Waals surface area contributed by atoms with Crippen molar-refractivity contribution < 1.29 is 14.1 Å². The van der Waals surface area contributed by atoms with E-state index in [1.807, 2.05) is 0 Å². The lowest BCUT2D eigenvalue weighted by Crippen LogP contribution is -2.65. The molecule has 2 N–H and O–H groups in total. The highest BCUT2D eigenvalue weighted by Crippen LogP contribution is 2.65. The largest absolute Gasteiger partial charge is 0.466 e. The summed E-state index contributed by atoms with van der Waals surface area (Å²) in [7, 11) is -0.583. The molecular weight excluding hydrogens is 283 g/mol. The Morgan fingerprint density at radius 1 is 1.50 bits per heavy atom. The van der Waals surface area contributed by atoms with Gasteiger partial charge in [0.05, 0.1) is 17.6 Å². The second-order valence-electron chi connectivity index (χ2n) is 7.61. The van der Waals surface area contributed by atoms with E-state index in [0.29, 0.717) is 18.3 Å². The quantitative estimate of drug-likeness (QED) is 0.364. The van der Waals surface area contributed by atoms with Gasteiger partial charge in [-0.1, -0.05) is 19.0 Å². The van der Waals surface area contributed by atoms with Gasteiger partial charge in [-0.05, 0) is 49.0 Å². The van der Waals surface area contributed by atoms with E-state index >= 15 is 0 Å². The molecule has 22 heavy (non-hydrogen) atoms. The summed E-state index contributed by atoms with van der Waals surface area (Å²) in [6, 6.07) is 0. The third kappa shape index (κ3) is 2.21. The third-order valence-corrected chi connectivity index (χ3v) is 6.17. The van der Waals surface area contributed by atoms with Crippen LogP contribution in [0.1, 0.15) is 46.5 Å². The van der Waals surface area contributed by atoms with E-state index in [-0.39, 0.29) is 23.5 Å². The number of hydrogen-bond donors (Lipinski definition) is 1. The maximum absolute atomic E-state index is 11.0. The Labute approximate surface area is 130 Å². The van der Waals surface area contributed by atoms with Gasteiger partial charge >= 0.3 is 7.12 Å². The molecule has 3 aliphatic carbocycles. The summed E-state index contributed by atoms with van der Waals surface area (Å²) in [5, 5.41) is 3.76. The fraction of sp³-hybridized carbons (Fsp3) is 0.929. The Morgan fingerprint density at radius 2 is 2.23 bits per heavy atom. The minimum Gasteiger partial charge on any atom is -0.405 e. The SMILES string of the molecule is CC1(C)C2C[C@H]1C[C@H]1OB(C(CCC(N)=O)N=[N+]=[N-])O[C@@]21C. The molecule has 0 aromatic rings. The Morgan fingerprint density at radius 3 is 2.82 bits per heavy atom. The van der Waals surface area contributed by atoms with Crippen molar-refractivity contribution in [1.29, 1.82) is 0 Å². The van der Waals surface area contributed by atoms with Crippen LogP contribution in [0.2, 0.25) is 0 Å². The normalized spacial score (nSPS) is 39.4. The molecule has 0 aromatic carbocycles. The molecule has 3 saturated carbocycles. The number of rotatable bonds is 5. The van der Waals surface area contributed by atoms with E-state index in [4.69, 9.17) is 20.6 Å². The number of nitrogens with zero attached hydrogens (tertiary/aromatic N) is 3. The first-order chi connectivity index (χ1) is 10.3. The molecule has 1 aliphatic heterocycles. The number of carbonyl (C=O) groups excluding carboxylic acids is 1. The van der Waals surface area contributed by atoms with Crippen LogP contribution < -0.4 is 5.73 Å². The van der Waals surface area contributed by atoms with Crippen molar-refractivity contribution in [3.63, 3.8) is 0 Å². The number of primary amides is 1. The zero-order valence-electron chi connectivity index (χ0n) is 13.4. The highest BCUT2D eigenvalue weighted by Gasteiger charge is 2.68. The number of carbonyl (C=O) groups is 1. The van der Waals surface area contributed by atoms with Crippen molar-refractivity contribution >= 4 is 13.0 Å². The van der Waals surface area contributed by atoms with Crippen LogP contribution in [0, 0.1) is 17.3 Å². The highest BCUT2D eigenvalue weighted by molar-refractivity contribution is 6.47. The Bertz CT molecular complexity index is 536. The monoisotopic (exact) mass is 306 g/mol. The summed E-state index contributed by atoms with van der Waals surface area (Å²) in [4.78, 5) is 13.9. The van der Waals surface area contributed by atoms with Crippen LogP contribution in [0.5, 0.6) is 0 Å². The zero-order chi connectivity index (χ0) is 16.1. The molecule has 5 atom stereocenters. The molecule has 1 saturated heterocycles. The van der Waals surface area contributed by atoms with Crippen LogP contribution >= 0.6 is 0 Å². The smallest absolute Gasteiger partial charge is 0.405 e. The van der Waals surface area contributed by atoms with Crippen LogP contribution in [0.15, 0.2) is 5.11 Å². The predicted octanol–water partition coefficient (Wildman–Crippen LogP) is 2.20. The number of hydrogen-bond acceptors (Lipinski definition) is 4. The second-order valence-corrected chi connectivity index (χ2v) is 7.61. The topological polar surface area (TPSA) is 110 Å². The zero-order valence-corrected chi connectivity index (χ0v) is 13.4. The van der Waals surface area contributed by atoms with Crippen molar-refractivity contribution in [2.24, 2.45) is 28.1 Å². The number of azide groups is 1. The maximum atomic E-state index is 11.0. The lowest BCUT2D eigenvalue weighted by molar-refractivity contribution is -0.199. The summed E-state index contributed by atoms with van der Waals surface area (Å²) in [6.07, 6.45) is 2.70. The van der Waals surface area contributed by atoms with Crippen LogP contribution in [0.3, 0.4) is 0 Å². The summed E-state index contributed by atoms with van der Waals surface area (Å²) in [5.41, 5.74) is 13.9. The van der Waals surface area contributed by atoms with Crippen molar-refractivity contribution in [2.75, 3.05) is 0 Å². The van der Waals surface area contributed by atoms with Gasteiger partial charge in [0.25, 0.3) is 0 Å². The van der Waals surface area contributed by atoms with Gasteiger partial charge in [0.2, 0.25) is 5.91 Å². The first-order valence-corrected chi connectivity index (χ1v) is 7.95. The molecule has 1 heterocycles. The van der Waals surface area contributed by atoms with Gasteiger partial charge in [-0.15, -0.1) is 0 Å². The van der Waals surface area contributed by atoms with Crippen molar-refractivity contribution in [2.45, 2.75) is 64.1 Å². The van der Waals surface area contributed by atoms with Crippen LogP contribution in [-0.4, -0.2) is 30.7 Å². The Balaban J connectivity index is 1.75. The molecule has 1 amide bonds. The van der Waals surface area contributed by atoms with Gasteiger partial charge in [-0.25, -0.2) is 0 Å². The fourth-order valence-electron chi connectivity index (χ4n) is 4.67. The van der Waals surface area contributed by atoms with Crippen molar-refractivity contribution in [3.8, 4) is 0 Å². The van der Waals surface area contributed by atoms with Crippen molar-refractivity contribution in [3.05, 3.63) is 10.4 Å². The lowest BCUT2D eigenvalue weighted by Gasteiger charge is -2.64. The van der Waals surface area contributed by atoms with E-state index in [1.54, 1.807) is 0 Å². The van der Waals surface area contributed by atoms with Crippen LogP contribution in [0.4, 0.5) is 0 Å². The lowest BCUT2D eigenvalue weighted by atomic mass is 9.43. The Hall–Kier alpha value is -1.24. The van der Waals surface area contributed by atoms with Gasteiger partial charge < -0.3 is 15.0 Å². The average Bonchev–Trinajstić information content (AvgIpc) is 2.79. The molecule has 0 radical (unpaired) electrons. The minimum atomic E-state index is -0.583. The molecule has 8 heteroatoms. The number of nitrogens with two attached hydrogens (primary N) is 1. The highest BCUT2D eigenvalue weighted by atomic mass is 16.7. The standard InChI is InChI=1S/C14H23BN4O3/c1-13(2)8-6-9(13)14(3)10(7-8)21-15(22-14)11(18-19-17)4-5-12(16)20/h8-11H,4-7H2,1-3H3,(H2,16,20)/t8-,9?,10+,11?,14-/m0/s1. The second kappa shape index (κ2) is 5.15. The molecular formula is C14H23BN4O3. The van der Waals surface area contributed by atoms with E-state index in [1.165, 1.54) is 6.42 Å². The van der Waals surface area contributed by atoms with Gasteiger partial charge in [0.1, 0.15) is 0 Å². The van der Waals surface area contributed by atoms with Gasteiger partial charge in [-0.3, -0.25) is 4.79 Å². The van der Waals surface area contributed by atoms with E-state index in [0.717, 1.165) is 6.42 Å². The predicted molar refractivity (Wildman–Crippen MR) is 81.5 cm³/mol. The molecule has 2 unspecified atom stereocenters. The number of amides is 1. The summed E-state index contributed by atoms with van der Waals surface area (Å²) < 4.78 is 12.3. The molecule has 4 rings (SSSR count). The van der Waals surface area contributed by atoms with Crippen molar-refractivity contribution in [1.82, 2.24) is 0 Å². The van der Waals surface area contributed by atoms with Crippen LogP contribution in [0.25, 0.3) is 10.4 Å². The summed E-state index contributed by atoms with van der Waals surface area (Å²) in [5.74, 6) is 0.196. The maximum Gasteiger partial charge on any atom is 0.466 e. The molecule has 0 aromatic heterocycles. The van der Waals surface area contributed by atoms with E-state index in [2.05, 4.69) is 30.8 Å².